The number of aliphatic imine (C=N–C) groups is 3. The molecule has 46 heavy (non-hydrogen) atoms. The summed E-state index contributed by atoms with van der Waals surface area (Å²) in [5, 5.41) is 15.5. The van der Waals surface area contributed by atoms with Crippen LogP contribution in [0.15, 0.2) is 134 Å². The minimum Gasteiger partial charge on any atom is -0.509 e. The van der Waals surface area contributed by atoms with Crippen molar-refractivity contribution in [1.82, 2.24) is 5.32 Å². The smallest absolute Gasteiger partial charge is 0.128 e. The first-order valence-electron chi connectivity index (χ1n) is 16.4. The van der Waals surface area contributed by atoms with E-state index in [0.717, 1.165) is 93.6 Å². The number of rotatable bonds is 2. The van der Waals surface area contributed by atoms with Crippen LogP contribution in [-0.2, 0) is 0 Å². The first kappa shape index (κ1) is 28.4. The van der Waals surface area contributed by atoms with Gasteiger partial charge in [0.25, 0.3) is 0 Å². The van der Waals surface area contributed by atoms with Gasteiger partial charge in [0.1, 0.15) is 5.76 Å². The molecule has 6 aliphatic rings. The molecule has 1 aliphatic carbocycles. The number of hydrogen-bond donors (Lipinski definition) is 2. The Morgan fingerprint density at radius 2 is 1.35 bits per heavy atom. The van der Waals surface area contributed by atoms with Gasteiger partial charge in [-0.15, -0.1) is 0 Å². The van der Waals surface area contributed by atoms with Gasteiger partial charge < -0.3 is 10.4 Å². The maximum absolute atomic E-state index is 11.8. The number of aryl methyl sites for hydroxylation is 4. The third kappa shape index (κ3) is 4.65. The van der Waals surface area contributed by atoms with E-state index in [9.17, 15) is 5.11 Å². The van der Waals surface area contributed by atoms with Gasteiger partial charge in [0.15, 0.2) is 0 Å². The number of allylic oxidation sites excluding steroid dienone is 10. The van der Waals surface area contributed by atoms with Crippen LogP contribution in [0.5, 0.6) is 0 Å². The first-order valence-corrected chi connectivity index (χ1v) is 16.4. The third-order valence-electron chi connectivity index (χ3n) is 10.0. The van der Waals surface area contributed by atoms with E-state index < -0.39 is 5.41 Å². The average Bonchev–Trinajstić information content (AvgIpc) is 3.84. The molecule has 2 aromatic carbocycles. The second-order valence-electron chi connectivity index (χ2n) is 13.3. The number of aliphatic hydroxyl groups excluding tert-OH is 1. The summed E-state index contributed by atoms with van der Waals surface area (Å²) in [6.45, 7) is 8.59. The fraction of sp³-hybridized carbons (Fsp3) is 0.244. The molecular weight excluding hydrogens is 564 g/mol. The van der Waals surface area contributed by atoms with E-state index in [0.29, 0.717) is 5.76 Å². The molecule has 228 valence electrons. The highest BCUT2D eigenvalue weighted by atomic mass is 16.3. The van der Waals surface area contributed by atoms with E-state index in [1.807, 2.05) is 12.2 Å². The molecule has 1 fully saturated rings. The lowest BCUT2D eigenvalue weighted by Crippen LogP contribution is -2.28. The summed E-state index contributed by atoms with van der Waals surface area (Å²) < 4.78 is 0. The van der Waals surface area contributed by atoms with Gasteiger partial charge in [0.05, 0.1) is 45.3 Å². The first-order chi connectivity index (χ1) is 22.3. The molecule has 0 amide bonds. The van der Waals surface area contributed by atoms with E-state index in [1.165, 1.54) is 28.7 Å². The lowest BCUT2D eigenvalue weighted by atomic mass is 9.71. The van der Waals surface area contributed by atoms with Crippen LogP contribution in [0.2, 0.25) is 0 Å². The number of benzene rings is 2. The van der Waals surface area contributed by atoms with Crippen molar-refractivity contribution in [1.29, 1.82) is 0 Å². The van der Waals surface area contributed by atoms with Crippen molar-refractivity contribution in [3.63, 3.8) is 0 Å². The minimum absolute atomic E-state index is 0.419. The lowest BCUT2D eigenvalue weighted by Gasteiger charge is -2.34. The molecule has 0 aromatic heterocycles. The van der Waals surface area contributed by atoms with Crippen molar-refractivity contribution in [2.45, 2.75) is 59.8 Å². The van der Waals surface area contributed by atoms with Crippen LogP contribution in [0, 0.1) is 33.1 Å². The summed E-state index contributed by atoms with van der Waals surface area (Å²) in [6, 6.07) is 13.1. The number of nitrogens with zero attached hydrogens (tertiary/aromatic N) is 3. The standard InChI is InChI=1S/C41H38N4O/c1-24-8-10-28(11-9-24)38-31-14-13-30(43-31)23-36-41(18-6-5-7-19-41)40(46)35(45-36)22-29-12-15-33(42-29)39(34-17-16-32(38)44-34)37-26(3)20-25(2)21-27(37)4/h8-17,20-23,45-46H,5-7,18-19H2,1-4H3. The van der Waals surface area contributed by atoms with Gasteiger partial charge in [-0.05, 0) is 111 Å². The van der Waals surface area contributed by atoms with E-state index in [2.05, 4.69) is 106 Å². The van der Waals surface area contributed by atoms with Crippen LogP contribution in [-0.4, -0.2) is 22.2 Å². The second-order valence-corrected chi connectivity index (χ2v) is 13.3. The Labute approximate surface area is 271 Å². The summed E-state index contributed by atoms with van der Waals surface area (Å²) in [7, 11) is 0. The molecule has 5 heterocycles. The molecule has 0 atom stereocenters. The van der Waals surface area contributed by atoms with Gasteiger partial charge in [-0.2, -0.15) is 0 Å². The lowest BCUT2D eigenvalue weighted by molar-refractivity contribution is 0.201. The Kier molecular flexibility index (Phi) is 6.68. The molecule has 0 radical (unpaired) electrons. The van der Waals surface area contributed by atoms with Crippen LogP contribution >= 0.6 is 0 Å². The van der Waals surface area contributed by atoms with E-state index in [1.54, 1.807) is 0 Å². The topological polar surface area (TPSA) is 69.3 Å². The minimum atomic E-state index is -0.425. The molecule has 5 heteroatoms. The molecule has 0 saturated heterocycles. The van der Waals surface area contributed by atoms with Gasteiger partial charge in [-0.25, -0.2) is 15.0 Å². The van der Waals surface area contributed by atoms with Crippen molar-refractivity contribution < 1.29 is 5.11 Å². The summed E-state index contributed by atoms with van der Waals surface area (Å²) >= 11 is 0. The largest absolute Gasteiger partial charge is 0.509 e. The third-order valence-corrected chi connectivity index (χ3v) is 10.0. The van der Waals surface area contributed by atoms with Crippen molar-refractivity contribution in [3.8, 4) is 0 Å². The average molecular weight is 603 g/mol. The Morgan fingerprint density at radius 1 is 0.674 bits per heavy atom. The molecular formula is C41H38N4O. The highest BCUT2D eigenvalue weighted by Gasteiger charge is 2.46. The number of hydrogen-bond acceptors (Lipinski definition) is 5. The monoisotopic (exact) mass is 602 g/mol. The zero-order valence-electron chi connectivity index (χ0n) is 26.9. The Balaban J connectivity index is 1.42. The van der Waals surface area contributed by atoms with Crippen LogP contribution in [0.4, 0.5) is 0 Å². The summed E-state index contributed by atoms with van der Waals surface area (Å²) in [5.74, 6) is 0.419. The van der Waals surface area contributed by atoms with Gasteiger partial charge in [-0.1, -0.05) is 66.8 Å². The molecule has 8 rings (SSSR count). The Bertz CT molecular complexity index is 2040. The van der Waals surface area contributed by atoms with Crippen molar-refractivity contribution in [2.75, 3.05) is 0 Å². The van der Waals surface area contributed by atoms with Gasteiger partial charge in [0, 0.05) is 16.8 Å². The molecule has 2 aromatic rings. The molecule has 2 N–H and O–H groups in total. The molecule has 1 spiro atoms. The summed E-state index contributed by atoms with van der Waals surface area (Å²) in [5.41, 5.74) is 15.5. The van der Waals surface area contributed by atoms with E-state index >= 15 is 0 Å². The second kappa shape index (κ2) is 10.8. The fourth-order valence-electron chi connectivity index (χ4n) is 7.89. The maximum Gasteiger partial charge on any atom is 0.128 e. The van der Waals surface area contributed by atoms with Gasteiger partial charge >= 0.3 is 0 Å². The van der Waals surface area contributed by atoms with Gasteiger partial charge in [0.2, 0.25) is 0 Å². The van der Waals surface area contributed by atoms with Crippen molar-refractivity contribution in [3.05, 3.63) is 153 Å². The SMILES string of the molecule is Cc1ccc(C2=C3C=CC(=N3)C=C3NC(=C(O)C34CCCCC4)C=C3C=CC(=N3)C(c3c(C)cc(C)cc3C)=C3C=CC2=N3)cc1. The Morgan fingerprint density at radius 3 is 2.11 bits per heavy atom. The van der Waals surface area contributed by atoms with Gasteiger partial charge in [-0.3, -0.25) is 0 Å². The van der Waals surface area contributed by atoms with Crippen LogP contribution in [0.1, 0.15) is 65.5 Å². The van der Waals surface area contributed by atoms with Crippen LogP contribution in [0.25, 0.3) is 11.1 Å². The van der Waals surface area contributed by atoms with E-state index in [-0.39, 0.29) is 0 Å². The zero-order chi connectivity index (χ0) is 31.6. The Hall–Kier alpha value is -5.03. The van der Waals surface area contributed by atoms with Crippen molar-refractivity contribution >= 4 is 28.3 Å². The highest BCUT2D eigenvalue weighted by molar-refractivity contribution is 6.36. The van der Waals surface area contributed by atoms with Crippen LogP contribution < -0.4 is 5.32 Å². The van der Waals surface area contributed by atoms with Crippen LogP contribution in [0.3, 0.4) is 0 Å². The molecule has 1 saturated carbocycles. The normalized spacial score (nSPS) is 21.2. The maximum atomic E-state index is 11.8. The predicted molar refractivity (Wildman–Crippen MR) is 190 cm³/mol. The molecule has 5 nitrogen and oxygen atoms in total. The molecule has 8 bridgehead atoms. The fourth-order valence-corrected chi connectivity index (χ4v) is 7.89. The van der Waals surface area contributed by atoms with E-state index in [4.69, 9.17) is 15.0 Å². The van der Waals surface area contributed by atoms with Crippen molar-refractivity contribution in [2.24, 2.45) is 20.4 Å². The quantitative estimate of drug-likeness (QED) is 0.360. The predicted octanol–water partition coefficient (Wildman–Crippen LogP) is 9.18. The molecule has 0 unspecified atom stereocenters. The number of fused-ring (bicyclic) bond motifs is 6. The number of aliphatic hydroxyl groups is 1. The number of nitrogens with one attached hydrogen (secondary N) is 1. The molecule has 5 aliphatic heterocycles. The summed E-state index contributed by atoms with van der Waals surface area (Å²) in [4.78, 5) is 15.7. The summed E-state index contributed by atoms with van der Waals surface area (Å²) in [6.07, 6.45) is 21.8. The zero-order valence-corrected chi connectivity index (χ0v) is 26.9. The highest BCUT2D eigenvalue weighted by Crippen LogP contribution is 2.51.